The summed E-state index contributed by atoms with van der Waals surface area (Å²) in [5, 5.41) is 25.9. The van der Waals surface area contributed by atoms with Crippen LogP contribution in [-0.2, 0) is 25.7 Å². The number of hydrogen-bond donors (Lipinski definition) is 3. The predicted molar refractivity (Wildman–Crippen MR) is 200 cm³/mol. The molecular formula is C43H62ClNO6. The van der Waals surface area contributed by atoms with Gasteiger partial charge in [-0.2, -0.15) is 0 Å². The molecule has 9 atom stereocenters. The molecule has 282 valence electrons. The Morgan fingerprint density at radius 3 is 2.31 bits per heavy atom. The third-order valence-corrected chi connectivity index (χ3v) is 15.7. The maximum atomic E-state index is 13.9. The van der Waals surface area contributed by atoms with Crippen LogP contribution in [0.5, 0.6) is 0 Å². The standard InChI is InChI=1S/C43H62ClNO6/c1-25(2)36-31(46)21-43(33(47)24-45-23-26-11-9-10-12-30(26)44)20-19-41(7)27-15-16-32-40(5,6)34(51-35(48)22-39(3,4)38(49)50)17-18-42(32,8)28(27)13-14-29(41)37(36)43/h9-12,25,27-29,32-34,45,47H,13-24H2,1-8H3,(H,49,50)/t27-,28+,29-,32+,33-,34+,41+,42-,43+/m1/s1. The molecule has 0 amide bonds. The molecule has 0 aliphatic heterocycles. The molecule has 4 fully saturated rings. The lowest BCUT2D eigenvalue weighted by Crippen LogP contribution is -2.62. The molecular weight excluding hydrogens is 662 g/mol. The van der Waals surface area contributed by atoms with Crippen molar-refractivity contribution < 1.29 is 29.3 Å². The summed E-state index contributed by atoms with van der Waals surface area (Å²) >= 11 is 6.43. The Bertz CT molecular complexity index is 1580. The maximum absolute atomic E-state index is 13.9. The van der Waals surface area contributed by atoms with Crippen molar-refractivity contribution in [2.45, 2.75) is 138 Å². The molecule has 0 unspecified atom stereocenters. The first kappa shape index (κ1) is 38.5. The van der Waals surface area contributed by atoms with Gasteiger partial charge in [-0.3, -0.25) is 14.4 Å². The van der Waals surface area contributed by atoms with Crippen LogP contribution in [0.1, 0.15) is 125 Å². The van der Waals surface area contributed by atoms with Crippen LogP contribution in [0.15, 0.2) is 35.4 Å². The van der Waals surface area contributed by atoms with Gasteiger partial charge in [-0.1, -0.05) is 76.9 Å². The molecule has 0 spiro atoms. The van der Waals surface area contributed by atoms with Crippen molar-refractivity contribution in [1.29, 1.82) is 0 Å². The molecule has 5 aliphatic carbocycles. The van der Waals surface area contributed by atoms with Gasteiger partial charge in [0, 0.05) is 35.4 Å². The molecule has 0 saturated heterocycles. The molecule has 4 saturated carbocycles. The number of aliphatic hydroxyl groups excluding tert-OH is 1. The summed E-state index contributed by atoms with van der Waals surface area (Å²) in [5.74, 6) is 0.658. The third kappa shape index (κ3) is 6.33. The van der Waals surface area contributed by atoms with E-state index in [9.17, 15) is 24.6 Å². The summed E-state index contributed by atoms with van der Waals surface area (Å²) in [5.41, 5.74) is 1.50. The number of rotatable bonds is 10. The van der Waals surface area contributed by atoms with E-state index < -0.39 is 28.9 Å². The molecule has 1 aromatic carbocycles. The number of aliphatic hydroxyl groups is 1. The second-order valence-corrected chi connectivity index (χ2v) is 19.6. The number of carbonyl (C=O) groups excluding carboxylic acids is 2. The van der Waals surface area contributed by atoms with E-state index in [4.69, 9.17) is 16.3 Å². The second kappa shape index (κ2) is 13.6. The minimum Gasteiger partial charge on any atom is -0.481 e. The van der Waals surface area contributed by atoms with Crippen LogP contribution in [0, 0.1) is 56.7 Å². The van der Waals surface area contributed by atoms with E-state index in [2.05, 4.69) is 46.9 Å². The number of benzene rings is 1. The van der Waals surface area contributed by atoms with Gasteiger partial charge in [0.15, 0.2) is 5.78 Å². The number of carboxylic acid groups (broad SMARTS) is 1. The zero-order valence-corrected chi connectivity index (χ0v) is 33.0. The number of Topliss-reactive ketones (excluding diaryl/α,β-unsaturated/α-hetero) is 1. The third-order valence-electron chi connectivity index (χ3n) is 15.3. The summed E-state index contributed by atoms with van der Waals surface area (Å²) in [6.07, 6.45) is 7.30. The molecule has 3 N–H and O–H groups in total. The number of fused-ring (bicyclic) bond motifs is 7. The highest BCUT2D eigenvalue weighted by Gasteiger charge is 2.67. The van der Waals surface area contributed by atoms with Crippen molar-refractivity contribution in [1.82, 2.24) is 5.32 Å². The number of allylic oxidation sites excluding steroid dienone is 1. The largest absolute Gasteiger partial charge is 0.481 e. The van der Waals surface area contributed by atoms with Crippen molar-refractivity contribution in [2.24, 2.45) is 56.7 Å². The Balaban J connectivity index is 1.23. The summed E-state index contributed by atoms with van der Waals surface area (Å²) < 4.78 is 6.14. The zero-order chi connectivity index (χ0) is 37.3. The molecule has 7 nitrogen and oxygen atoms in total. The average Bonchev–Trinajstić information content (AvgIpc) is 3.36. The van der Waals surface area contributed by atoms with Gasteiger partial charge in [-0.05, 0) is 123 Å². The van der Waals surface area contributed by atoms with Gasteiger partial charge in [0.25, 0.3) is 0 Å². The summed E-state index contributed by atoms with van der Waals surface area (Å²) in [4.78, 5) is 38.7. The minimum atomic E-state index is -1.16. The Morgan fingerprint density at radius 2 is 1.65 bits per heavy atom. The topological polar surface area (TPSA) is 113 Å². The van der Waals surface area contributed by atoms with E-state index >= 15 is 0 Å². The van der Waals surface area contributed by atoms with Crippen LogP contribution >= 0.6 is 11.6 Å². The fourth-order valence-corrected chi connectivity index (χ4v) is 12.8. The number of carboxylic acids is 1. The summed E-state index contributed by atoms with van der Waals surface area (Å²) in [6.45, 7) is 18.0. The number of hydrogen-bond acceptors (Lipinski definition) is 6. The lowest BCUT2D eigenvalue weighted by molar-refractivity contribution is -0.205. The highest BCUT2D eigenvalue weighted by molar-refractivity contribution is 6.31. The zero-order valence-electron chi connectivity index (χ0n) is 32.2. The van der Waals surface area contributed by atoms with E-state index in [1.807, 2.05) is 24.3 Å². The number of esters is 1. The number of aliphatic carboxylic acids is 1. The number of ketones is 1. The van der Waals surface area contributed by atoms with Crippen LogP contribution in [-0.4, -0.2) is 46.7 Å². The smallest absolute Gasteiger partial charge is 0.309 e. The van der Waals surface area contributed by atoms with Crippen LogP contribution in [0.3, 0.4) is 0 Å². The van der Waals surface area contributed by atoms with Crippen LogP contribution < -0.4 is 5.32 Å². The predicted octanol–water partition coefficient (Wildman–Crippen LogP) is 8.79. The normalized spacial score (nSPS) is 36.5. The van der Waals surface area contributed by atoms with E-state index in [0.717, 1.165) is 62.5 Å². The first-order chi connectivity index (χ1) is 23.8. The molecule has 51 heavy (non-hydrogen) atoms. The van der Waals surface area contributed by atoms with Gasteiger partial charge in [0.1, 0.15) is 6.10 Å². The van der Waals surface area contributed by atoms with Gasteiger partial charge in [0.05, 0.1) is 17.9 Å². The molecule has 6 rings (SSSR count). The molecule has 1 aromatic rings. The number of nitrogens with one attached hydrogen (secondary N) is 1. The molecule has 5 aliphatic rings. The van der Waals surface area contributed by atoms with Crippen molar-refractivity contribution in [3.8, 4) is 0 Å². The highest BCUT2D eigenvalue weighted by atomic mass is 35.5. The van der Waals surface area contributed by atoms with Gasteiger partial charge in [-0.25, -0.2) is 0 Å². The van der Waals surface area contributed by atoms with Crippen LogP contribution in [0.2, 0.25) is 5.02 Å². The average molecular weight is 724 g/mol. The van der Waals surface area contributed by atoms with E-state index in [0.29, 0.717) is 42.3 Å². The molecule has 0 heterocycles. The Labute approximate surface area is 310 Å². The number of ether oxygens (including phenoxy) is 1. The van der Waals surface area contributed by atoms with Gasteiger partial charge < -0.3 is 20.3 Å². The van der Waals surface area contributed by atoms with Crippen molar-refractivity contribution >= 4 is 29.3 Å². The first-order valence-corrected chi connectivity index (χ1v) is 20.0. The fraction of sp³-hybridized carbons (Fsp3) is 0.744. The summed E-state index contributed by atoms with van der Waals surface area (Å²) in [7, 11) is 0. The summed E-state index contributed by atoms with van der Waals surface area (Å²) in [6, 6.07) is 7.79. The van der Waals surface area contributed by atoms with E-state index in [-0.39, 0.29) is 46.4 Å². The number of halogens is 1. The lowest BCUT2D eigenvalue weighted by atomic mass is 9.37. The van der Waals surface area contributed by atoms with Crippen LogP contribution in [0.25, 0.3) is 0 Å². The minimum absolute atomic E-state index is 0.0427. The maximum Gasteiger partial charge on any atom is 0.309 e. The van der Waals surface area contributed by atoms with Gasteiger partial charge in [-0.15, -0.1) is 0 Å². The first-order valence-electron chi connectivity index (χ1n) is 19.6. The Kier molecular flexibility index (Phi) is 10.2. The van der Waals surface area contributed by atoms with Gasteiger partial charge >= 0.3 is 11.9 Å². The Hall–Kier alpha value is -2.22. The Morgan fingerprint density at radius 1 is 0.980 bits per heavy atom. The molecule has 0 aromatic heterocycles. The van der Waals surface area contributed by atoms with E-state index in [1.165, 1.54) is 5.57 Å². The molecule has 0 bridgehead atoms. The second-order valence-electron chi connectivity index (χ2n) is 19.2. The lowest BCUT2D eigenvalue weighted by Gasteiger charge is -2.68. The molecule has 0 radical (unpaired) electrons. The SMILES string of the molecule is CC(C)C1=C2[C@H]3CC[C@H]4[C@@H](CC[C@H]5C(C)(C)[C@@H](OC(=O)CC(C)(C)C(=O)O)CC[C@]45C)[C@]3(C)CC[C@@]2([C@H](O)CNCc2ccccc2Cl)CC1=O. The fourth-order valence-electron chi connectivity index (χ4n) is 12.6. The van der Waals surface area contributed by atoms with Crippen molar-refractivity contribution in [2.75, 3.05) is 6.54 Å². The van der Waals surface area contributed by atoms with Crippen LogP contribution in [0.4, 0.5) is 0 Å². The van der Waals surface area contributed by atoms with E-state index in [1.54, 1.807) is 13.8 Å². The van der Waals surface area contributed by atoms with Gasteiger partial charge in [0.2, 0.25) is 0 Å². The highest BCUT2D eigenvalue weighted by Crippen LogP contribution is 2.73. The van der Waals surface area contributed by atoms with Crippen molar-refractivity contribution in [3.63, 3.8) is 0 Å². The van der Waals surface area contributed by atoms with Crippen molar-refractivity contribution in [3.05, 3.63) is 46.0 Å². The molecule has 8 heteroatoms. The monoisotopic (exact) mass is 723 g/mol. The number of carbonyl (C=O) groups is 3. The quantitative estimate of drug-likeness (QED) is 0.207.